The number of carbonyl (C=O) groups excluding carboxylic acids is 1. The van der Waals surface area contributed by atoms with Crippen LogP contribution in [0, 0.1) is 12.0 Å². The number of nitrogens with zero attached hydrogens (tertiary/aromatic N) is 2. The molecular weight excluding hydrogens is 399 g/mol. The molecule has 2 heterocycles. The van der Waals surface area contributed by atoms with E-state index in [-0.39, 0.29) is 44.5 Å². The molecule has 0 aromatic heterocycles. The molecule has 2 saturated heterocycles. The number of benzene rings is 2. The average molecular weight is 423 g/mol. The third-order valence-electron chi connectivity index (χ3n) is 5.24. The molecule has 0 unspecified atom stereocenters. The average Bonchev–Trinajstić information content (AvgIpc) is 3.04. The van der Waals surface area contributed by atoms with Crippen molar-refractivity contribution in [1.82, 2.24) is 5.32 Å². The molecule has 26 heavy (non-hydrogen) atoms. The minimum atomic E-state index is 0. The summed E-state index contributed by atoms with van der Waals surface area (Å²) in [7, 11) is 0. The standard InChI is InChI=1S/C21H24N3O.Y/c25-21-18(10-13-24(21)19-7-2-1-3-8-19)16-17-6-4-5-9-20(17)23-14-11-22-12-15-23;/h2-9,18,22H,10-16H2;/q-1;/t18-;/m1./s1. The Morgan fingerprint density at radius 2 is 1.77 bits per heavy atom. The van der Waals surface area contributed by atoms with E-state index in [4.69, 9.17) is 0 Å². The summed E-state index contributed by atoms with van der Waals surface area (Å²) >= 11 is 0. The van der Waals surface area contributed by atoms with Gasteiger partial charge in [-0.2, -0.15) is 18.2 Å². The summed E-state index contributed by atoms with van der Waals surface area (Å²) in [4.78, 5) is 17.3. The Bertz CT molecular complexity index is 731. The van der Waals surface area contributed by atoms with Crippen LogP contribution in [-0.4, -0.2) is 38.6 Å². The zero-order valence-corrected chi connectivity index (χ0v) is 17.9. The SMILES string of the molecule is O=C1[C@@H](Cc2ccccc2N2CCNCC2)CCN1c1cc[c-]cc1.[Y]. The largest absolute Gasteiger partial charge is 0.369 e. The van der Waals surface area contributed by atoms with Gasteiger partial charge in [-0.3, -0.25) is 4.79 Å². The van der Waals surface area contributed by atoms with E-state index in [9.17, 15) is 4.79 Å². The zero-order chi connectivity index (χ0) is 17.1. The second-order valence-electron chi connectivity index (χ2n) is 6.80. The molecule has 2 aromatic rings. The van der Waals surface area contributed by atoms with Crippen molar-refractivity contribution < 1.29 is 37.5 Å². The fourth-order valence-corrected chi connectivity index (χ4v) is 3.91. The van der Waals surface area contributed by atoms with Crippen molar-refractivity contribution in [2.45, 2.75) is 12.8 Å². The van der Waals surface area contributed by atoms with E-state index in [1.165, 1.54) is 11.3 Å². The van der Waals surface area contributed by atoms with Crippen molar-refractivity contribution in [1.29, 1.82) is 0 Å². The molecule has 2 aliphatic heterocycles. The van der Waals surface area contributed by atoms with Crippen molar-refractivity contribution >= 4 is 17.3 Å². The maximum absolute atomic E-state index is 12.9. The summed E-state index contributed by atoms with van der Waals surface area (Å²) in [6.07, 6.45) is 1.75. The summed E-state index contributed by atoms with van der Waals surface area (Å²) < 4.78 is 0. The number of carbonyl (C=O) groups is 1. The minimum absolute atomic E-state index is 0. The zero-order valence-electron chi connectivity index (χ0n) is 15.0. The van der Waals surface area contributed by atoms with Crippen molar-refractivity contribution in [3.05, 3.63) is 60.2 Å². The molecule has 1 radical (unpaired) electrons. The van der Waals surface area contributed by atoms with Crippen molar-refractivity contribution in [3.8, 4) is 0 Å². The number of anilines is 2. The van der Waals surface area contributed by atoms with Gasteiger partial charge in [-0.15, -0.1) is 12.1 Å². The number of hydrogen-bond acceptors (Lipinski definition) is 3. The van der Waals surface area contributed by atoms with Crippen LogP contribution in [0.15, 0.2) is 48.5 Å². The Morgan fingerprint density at radius 3 is 2.54 bits per heavy atom. The summed E-state index contributed by atoms with van der Waals surface area (Å²) in [5.74, 6) is 0.328. The van der Waals surface area contributed by atoms with E-state index in [0.717, 1.165) is 51.3 Å². The van der Waals surface area contributed by atoms with Crippen LogP contribution in [0.5, 0.6) is 0 Å². The Hall–Kier alpha value is -1.23. The monoisotopic (exact) mass is 423 g/mol. The summed E-state index contributed by atoms with van der Waals surface area (Å²) in [5, 5.41) is 3.40. The summed E-state index contributed by atoms with van der Waals surface area (Å²) in [6, 6.07) is 19.3. The van der Waals surface area contributed by atoms with E-state index < -0.39 is 0 Å². The van der Waals surface area contributed by atoms with Gasteiger partial charge in [-0.25, -0.2) is 0 Å². The third kappa shape index (κ3) is 4.19. The molecule has 1 N–H and O–H groups in total. The normalized spacial score (nSPS) is 20.2. The number of amides is 1. The first-order valence-corrected chi connectivity index (χ1v) is 9.14. The molecule has 1 atom stereocenters. The molecule has 2 aliphatic rings. The van der Waals surface area contributed by atoms with Gasteiger partial charge < -0.3 is 15.1 Å². The topological polar surface area (TPSA) is 35.6 Å². The quantitative estimate of drug-likeness (QED) is 0.768. The second kappa shape index (κ2) is 9.12. The Balaban J connectivity index is 0.00000196. The molecular formula is C21H24N3OY-. The molecule has 133 valence electrons. The molecule has 4 nitrogen and oxygen atoms in total. The van der Waals surface area contributed by atoms with Gasteiger partial charge in [-0.1, -0.05) is 23.9 Å². The fourth-order valence-electron chi connectivity index (χ4n) is 3.91. The van der Waals surface area contributed by atoms with Crippen LogP contribution in [0.4, 0.5) is 11.4 Å². The second-order valence-corrected chi connectivity index (χ2v) is 6.80. The Morgan fingerprint density at radius 1 is 1.04 bits per heavy atom. The van der Waals surface area contributed by atoms with Gasteiger partial charge in [0.25, 0.3) is 0 Å². The number of nitrogens with one attached hydrogen (secondary N) is 1. The van der Waals surface area contributed by atoms with E-state index >= 15 is 0 Å². The molecule has 2 fully saturated rings. The first kappa shape index (κ1) is 19.5. The molecule has 1 amide bonds. The van der Waals surface area contributed by atoms with Crippen LogP contribution in [0.2, 0.25) is 0 Å². The number of para-hydroxylation sites is 1. The van der Waals surface area contributed by atoms with E-state index in [0.29, 0.717) is 0 Å². The third-order valence-corrected chi connectivity index (χ3v) is 5.24. The number of hydrogen-bond donors (Lipinski definition) is 1. The maximum Gasteiger partial charge on any atom is 0.228 e. The number of rotatable bonds is 4. The fraction of sp³-hybridized carbons (Fsp3) is 0.381. The van der Waals surface area contributed by atoms with E-state index in [2.05, 4.69) is 40.5 Å². The van der Waals surface area contributed by atoms with Gasteiger partial charge >= 0.3 is 0 Å². The van der Waals surface area contributed by atoms with Crippen LogP contribution in [0.3, 0.4) is 0 Å². The van der Waals surface area contributed by atoms with Crippen molar-refractivity contribution in [2.75, 3.05) is 42.5 Å². The van der Waals surface area contributed by atoms with Gasteiger partial charge in [0.15, 0.2) is 0 Å². The summed E-state index contributed by atoms with van der Waals surface area (Å²) in [6.45, 7) is 4.92. The van der Waals surface area contributed by atoms with Crippen LogP contribution in [0.1, 0.15) is 12.0 Å². The molecule has 0 bridgehead atoms. The predicted octanol–water partition coefficient (Wildman–Crippen LogP) is 2.49. The van der Waals surface area contributed by atoms with Crippen molar-refractivity contribution in [3.63, 3.8) is 0 Å². The number of piperazine rings is 1. The van der Waals surface area contributed by atoms with Crippen LogP contribution in [0.25, 0.3) is 0 Å². The molecule has 5 heteroatoms. The molecule has 4 rings (SSSR count). The minimum Gasteiger partial charge on any atom is -0.369 e. The molecule has 2 aromatic carbocycles. The van der Waals surface area contributed by atoms with Crippen LogP contribution < -0.4 is 15.1 Å². The smallest absolute Gasteiger partial charge is 0.228 e. The Labute approximate surface area is 180 Å². The Kier molecular flexibility index (Phi) is 6.85. The first-order valence-electron chi connectivity index (χ1n) is 9.14. The van der Waals surface area contributed by atoms with E-state index in [1.54, 1.807) is 0 Å². The van der Waals surface area contributed by atoms with Gasteiger partial charge in [0.1, 0.15) is 0 Å². The summed E-state index contributed by atoms with van der Waals surface area (Å²) in [5.41, 5.74) is 3.58. The van der Waals surface area contributed by atoms with Gasteiger partial charge in [0.05, 0.1) is 0 Å². The van der Waals surface area contributed by atoms with Crippen LogP contribution >= 0.6 is 0 Å². The van der Waals surface area contributed by atoms with E-state index in [1.807, 2.05) is 29.2 Å². The van der Waals surface area contributed by atoms with Gasteiger partial charge in [0, 0.05) is 77.0 Å². The molecule has 0 spiro atoms. The van der Waals surface area contributed by atoms with Gasteiger partial charge in [0.2, 0.25) is 5.91 Å². The van der Waals surface area contributed by atoms with Crippen LogP contribution in [-0.2, 0) is 43.9 Å². The molecule has 0 aliphatic carbocycles. The first-order chi connectivity index (χ1) is 12.3. The van der Waals surface area contributed by atoms with Gasteiger partial charge in [-0.05, 0) is 24.5 Å². The molecule has 0 saturated carbocycles. The predicted molar refractivity (Wildman–Crippen MR) is 101 cm³/mol. The maximum atomic E-state index is 12.9. The van der Waals surface area contributed by atoms with Crippen molar-refractivity contribution in [2.24, 2.45) is 5.92 Å².